The van der Waals surface area contributed by atoms with Gasteiger partial charge in [-0.3, -0.25) is 14.8 Å². The number of rotatable bonds is 3. The Hall–Kier alpha value is -4.46. The van der Waals surface area contributed by atoms with E-state index in [0.717, 1.165) is 10.9 Å². The Morgan fingerprint density at radius 3 is 2.60 bits per heavy atom. The predicted octanol–water partition coefficient (Wildman–Crippen LogP) is 3.77. The molecule has 35 heavy (non-hydrogen) atoms. The molecule has 0 radical (unpaired) electrons. The number of carboxylic acid groups (broad SMARTS) is 1. The van der Waals surface area contributed by atoms with Crippen molar-refractivity contribution in [2.24, 2.45) is 7.05 Å². The van der Waals surface area contributed by atoms with Crippen molar-refractivity contribution in [2.45, 2.75) is 6.18 Å². The van der Waals surface area contributed by atoms with E-state index in [1.54, 1.807) is 35.5 Å². The summed E-state index contributed by atoms with van der Waals surface area (Å²) in [6, 6.07) is 5.55. The molecule has 0 aliphatic heterocycles. The molecule has 0 aliphatic carbocycles. The number of aromatic nitrogens is 7. The van der Waals surface area contributed by atoms with Crippen LogP contribution in [0.1, 0.15) is 10.4 Å². The zero-order valence-corrected chi connectivity index (χ0v) is 18.3. The van der Waals surface area contributed by atoms with Gasteiger partial charge in [-0.05, 0) is 18.2 Å². The molecule has 0 spiro atoms. The van der Waals surface area contributed by atoms with E-state index in [-0.39, 0.29) is 5.91 Å². The highest BCUT2D eigenvalue weighted by atomic mass is 35.5. The third kappa shape index (κ3) is 4.91. The summed E-state index contributed by atoms with van der Waals surface area (Å²) < 4.78 is 33.5. The first-order valence-corrected chi connectivity index (χ1v) is 10.00. The molecule has 0 bridgehead atoms. The fourth-order valence-electron chi connectivity index (χ4n) is 3.11. The highest BCUT2D eigenvalue weighted by molar-refractivity contribution is 6.31. The van der Waals surface area contributed by atoms with Crippen LogP contribution < -0.4 is 5.32 Å². The van der Waals surface area contributed by atoms with Gasteiger partial charge >= 0.3 is 12.1 Å². The van der Waals surface area contributed by atoms with E-state index in [9.17, 15) is 18.0 Å². The van der Waals surface area contributed by atoms with Crippen LogP contribution in [0.25, 0.3) is 33.5 Å². The summed E-state index contributed by atoms with van der Waals surface area (Å²) >= 11 is 6.10. The molecule has 1 aromatic carbocycles. The monoisotopic (exact) mass is 506 g/mol. The first-order valence-electron chi connectivity index (χ1n) is 9.62. The molecule has 4 aromatic heterocycles. The molecule has 0 fully saturated rings. The topological polar surface area (TPSA) is 154 Å². The lowest BCUT2D eigenvalue weighted by Gasteiger charge is -2.01. The number of aryl methyl sites for hydroxylation is 1. The van der Waals surface area contributed by atoms with E-state index in [1.807, 2.05) is 19.2 Å². The van der Waals surface area contributed by atoms with Gasteiger partial charge in [-0.2, -0.15) is 18.3 Å². The molecule has 0 aliphatic rings. The van der Waals surface area contributed by atoms with Crippen LogP contribution in [0, 0.1) is 0 Å². The molecular formula is C20H14ClF3N8O3. The SMILES string of the molecule is Cn1nc(-c2cnc3[nH]cc(C(=O)Nc4ncc[nH]4)c3n2)c2ccc(Cl)cc21.O=C(O)C(F)(F)F. The summed E-state index contributed by atoms with van der Waals surface area (Å²) in [4.78, 5) is 40.3. The maximum absolute atomic E-state index is 12.6. The minimum atomic E-state index is -5.08. The second-order valence-electron chi connectivity index (χ2n) is 6.98. The van der Waals surface area contributed by atoms with Crippen LogP contribution in [0.5, 0.6) is 0 Å². The summed E-state index contributed by atoms with van der Waals surface area (Å²) in [7, 11) is 1.84. The van der Waals surface area contributed by atoms with Crippen molar-refractivity contribution >= 4 is 51.5 Å². The Morgan fingerprint density at radius 1 is 1.20 bits per heavy atom. The predicted molar refractivity (Wildman–Crippen MR) is 119 cm³/mol. The van der Waals surface area contributed by atoms with Crippen LogP contribution in [0.15, 0.2) is 43.0 Å². The van der Waals surface area contributed by atoms with Crippen LogP contribution in [0.3, 0.4) is 0 Å². The van der Waals surface area contributed by atoms with Crippen molar-refractivity contribution in [1.82, 2.24) is 34.7 Å². The van der Waals surface area contributed by atoms with E-state index in [0.29, 0.717) is 39.1 Å². The van der Waals surface area contributed by atoms with Gasteiger partial charge in [0, 0.05) is 36.0 Å². The number of alkyl halides is 3. The molecule has 15 heteroatoms. The molecule has 5 aromatic rings. The highest BCUT2D eigenvalue weighted by Crippen LogP contribution is 2.29. The minimum absolute atomic E-state index is 0.342. The number of benzene rings is 1. The molecule has 4 heterocycles. The van der Waals surface area contributed by atoms with E-state index in [2.05, 4.69) is 35.3 Å². The maximum Gasteiger partial charge on any atom is 0.490 e. The van der Waals surface area contributed by atoms with Gasteiger partial charge in [0.15, 0.2) is 5.65 Å². The number of aliphatic carboxylic acids is 1. The maximum atomic E-state index is 12.6. The number of amides is 1. The number of carbonyl (C=O) groups is 2. The largest absolute Gasteiger partial charge is 0.490 e. The van der Waals surface area contributed by atoms with E-state index >= 15 is 0 Å². The van der Waals surface area contributed by atoms with Gasteiger partial charge in [0.1, 0.15) is 16.9 Å². The first-order chi connectivity index (χ1) is 16.5. The minimum Gasteiger partial charge on any atom is -0.475 e. The summed E-state index contributed by atoms with van der Waals surface area (Å²) in [6.45, 7) is 0. The number of halogens is 4. The molecule has 0 atom stereocenters. The zero-order valence-electron chi connectivity index (χ0n) is 17.6. The van der Waals surface area contributed by atoms with Gasteiger partial charge in [0.2, 0.25) is 5.95 Å². The van der Waals surface area contributed by atoms with Gasteiger partial charge in [0.25, 0.3) is 5.91 Å². The Labute approximate surface area is 198 Å². The second kappa shape index (κ2) is 9.06. The van der Waals surface area contributed by atoms with E-state index in [1.165, 1.54) is 0 Å². The van der Waals surface area contributed by atoms with Crippen molar-refractivity contribution in [3.8, 4) is 11.4 Å². The number of nitrogens with one attached hydrogen (secondary N) is 3. The average molecular weight is 507 g/mol. The van der Waals surface area contributed by atoms with Crippen LogP contribution in [0.4, 0.5) is 19.1 Å². The Bertz CT molecular complexity index is 1540. The van der Waals surface area contributed by atoms with Gasteiger partial charge in [-0.15, -0.1) is 0 Å². The van der Waals surface area contributed by atoms with Gasteiger partial charge in [-0.25, -0.2) is 19.7 Å². The van der Waals surface area contributed by atoms with Crippen molar-refractivity contribution in [3.05, 3.63) is 53.6 Å². The number of aromatic amines is 2. The standard InChI is InChI=1S/C18H13ClN8O.C2HF3O2/c1-27-13-6-9(19)2-3-10(13)14(26-27)12-8-23-16-15(24-12)11(7-22-16)17(28)25-18-20-4-5-21-18;3-2(4,5)1(6)7/h2-8H,1H3,(H,22,23)(H2,20,21,25,28);(H,6,7). The molecule has 1 amide bonds. The number of carbonyl (C=O) groups excluding carboxylic acids is 1. The third-order valence-electron chi connectivity index (χ3n) is 4.65. The van der Waals surface area contributed by atoms with Crippen molar-refractivity contribution < 1.29 is 27.9 Å². The number of carboxylic acids is 1. The van der Waals surface area contributed by atoms with Gasteiger partial charge in [0.05, 0.1) is 17.3 Å². The van der Waals surface area contributed by atoms with Crippen LogP contribution >= 0.6 is 11.6 Å². The smallest absolute Gasteiger partial charge is 0.475 e. The summed E-state index contributed by atoms with van der Waals surface area (Å²) in [5.74, 6) is -2.74. The van der Waals surface area contributed by atoms with Gasteiger partial charge in [-0.1, -0.05) is 11.6 Å². The molecular weight excluding hydrogens is 493 g/mol. The van der Waals surface area contributed by atoms with Crippen LogP contribution in [0.2, 0.25) is 5.02 Å². The molecule has 0 saturated carbocycles. The molecule has 0 saturated heterocycles. The number of fused-ring (bicyclic) bond motifs is 2. The lowest BCUT2D eigenvalue weighted by molar-refractivity contribution is -0.192. The summed E-state index contributed by atoms with van der Waals surface area (Å²) in [6.07, 6.45) is 1.30. The molecule has 180 valence electrons. The normalized spacial score (nSPS) is 11.3. The van der Waals surface area contributed by atoms with E-state index < -0.39 is 12.1 Å². The van der Waals surface area contributed by atoms with E-state index in [4.69, 9.17) is 21.5 Å². The fourth-order valence-corrected chi connectivity index (χ4v) is 3.27. The number of imidazole rings is 1. The number of hydrogen-bond donors (Lipinski definition) is 4. The third-order valence-corrected chi connectivity index (χ3v) is 4.89. The Morgan fingerprint density at radius 2 is 1.94 bits per heavy atom. The van der Waals surface area contributed by atoms with Gasteiger partial charge < -0.3 is 15.1 Å². The zero-order chi connectivity index (χ0) is 25.3. The fraction of sp³-hybridized carbons (Fsp3) is 0.100. The average Bonchev–Trinajstić information content (AvgIpc) is 3.52. The molecule has 11 nitrogen and oxygen atoms in total. The molecule has 5 rings (SSSR count). The summed E-state index contributed by atoms with van der Waals surface area (Å²) in [5, 5.41) is 15.9. The second-order valence-corrected chi connectivity index (χ2v) is 7.42. The number of anilines is 1. The number of nitrogens with zero attached hydrogens (tertiary/aromatic N) is 5. The summed E-state index contributed by atoms with van der Waals surface area (Å²) in [5.41, 5.74) is 3.44. The lowest BCUT2D eigenvalue weighted by Crippen LogP contribution is -2.21. The number of hydrogen-bond acceptors (Lipinski definition) is 6. The van der Waals surface area contributed by atoms with Crippen molar-refractivity contribution in [3.63, 3.8) is 0 Å². The molecule has 0 unspecified atom stereocenters. The van der Waals surface area contributed by atoms with Crippen molar-refractivity contribution in [2.75, 3.05) is 5.32 Å². The first kappa shape index (κ1) is 23.7. The Balaban J connectivity index is 0.000000364. The lowest BCUT2D eigenvalue weighted by atomic mass is 10.1. The Kier molecular flexibility index (Phi) is 6.13. The highest BCUT2D eigenvalue weighted by Gasteiger charge is 2.38. The van der Waals surface area contributed by atoms with Crippen molar-refractivity contribution in [1.29, 1.82) is 0 Å². The van der Waals surface area contributed by atoms with Crippen LogP contribution in [-0.4, -0.2) is 57.9 Å². The molecule has 4 N–H and O–H groups in total. The quantitative estimate of drug-likeness (QED) is 0.290. The number of H-pyrrole nitrogens is 2. The van der Waals surface area contributed by atoms with Crippen LogP contribution in [-0.2, 0) is 11.8 Å².